The van der Waals surface area contributed by atoms with Crippen LogP contribution < -0.4 is 5.32 Å². The number of para-hydroxylation sites is 1. The molecule has 2 rings (SSSR count). The average molecular weight is 322 g/mol. The van der Waals surface area contributed by atoms with Crippen LogP contribution >= 0.6 is 15.9 Å². The molecule has 2 aromatic rings. The van der Waals surface area contributed by atoms with Gasteiger partial charge in [-0.1, -0.05) is 32.0 Å². The molecule has 4 heteroatoms. The fourth-order valence-corrected chi connectivity index (χ4v) is 2.19. The molecule has 0 radical (unpaired) electrons. The summed E-state index contributed by atoms with van der Waals surface area (Å²) in [6, 6.07) is 11.2. The number of carbonyl (C=O) groups is 1. The Morgan fingerprint density at radius 2 is 2.05 bits per heavy atom. The van der Waals surface area contributed by atoms with Gasteiger partial charge >= 0.3 is 0 Å². The Labute approximate surface area is 121 Å². The van der Waals surface area contributed by atoms with E-state index >= 15 is 0 Å². The molecule has 1 heterocycles. The van der Waals surface area contributed by atoms with Crippen LogP contribution in [0.25, 0.3) is 0 Å². The highest BCUT2D eigenvalue weighted by atomic mass is 79.9. The highest BCUT2D eigenvalue weighted by Crippen LogP contribution is 2.27. The summed E-state index contributed by atoms with van der Waals surface area (Å²) >= 11 is 3.19. The first-order valence-corrected chi connectivity index (χ1v) is 7.06. The Balaban J connectivity index is 2.21. The van der Waals surface area contributed by atoms with E-state index < -0.39 is 0 Å². The maximum Gasteiger partial charge on any atom is 0.291 e. The highest BCUT2D eigenvalue weighted by molar-refractivity contribution is 9.10. The fraction of sp³-hybridized carbons (Fsp3) is 0.267. The third kappa shape index (κ3) is 3.26. The van der Waals surface area contributed by atoms with E-state index in [0.717, 1.165) is 17.7 Å². The lowest BCUT2D eigenvalue weighted by atomic mass is 9.97. The quantitative estimate of drug-likeness (QED) is 0.878. The Hall–Kier alpha value is -1.55. The molecule has 0 spiro atoms. The number of nitrogens with one attached hydrogen (secondary N) is 1. The number of furan rings is 1. The predicted molar refractivity (Wildman–Crippen MR) is 79.5 cm³/mol. The molecular formula is C15H16BrNO2. The van der Waals surface area contributed by atoms with Crippen LogP contribution in [0.3, 0.4) is 0 Å². The van der Waals surface area contributed by atoms with Gasteiger partial charge in [-0.2, -0.15) is 0 Å². The summed E-state index contributed by atoms with van der Waals surface area (Å²) in [5, 5.41) is 2.90. The van der Waals surface area contributed by atoms with E-state index in [1.54, 1.807) is 12.1 Å². The summed E-state index contributed by atoms with van der Waals surface area (Å²) < 4.78 is 5.80. The summed E-state index contributed by atoms with van der Waals surface area (Å²) in [7, 11) is 0. The molecule has 0 saturated carbocycles. The number of halogens is 1. The zero-order chi connectivity index (χ0) is 13.8. The van der Waals surface area contributed by atoms with Crippen molar-refractivity contribution in [3.05, 3.63) is 52.4 Å². The largest absolute Gasteiger partial charge is 0.444 e. The third-order valence-corrected chi connectivity index (χ3v) is 3.58. The first kappa shape index (κ1) is 13.9. The zero-order valence-corrected chi connectivity index (χ0v) is 12.5. The van der Waals surface area contributed by atoms with E-state index in [0.29, 0.717) is 16.3 Å². The first-order chi connectivity index (χ1) is 9.11. The van der Waals surface area contributed by atoms with Gasteiger partial charge in [0, 0.05) is 5.69 Å². The van der Waals surface area contributed by atoms with Gasteiger partial charge in [-0.25, -0.2) is 0 Å². The van der Waals surface area contributed by atoms with Crippen molar-refractivity contribution in [3.63, 3.8) is 0 Å². The van der Waals surface area contributed by atoms with Gasteiger partial charge in [-0.15, -0.1) is 0 Å². The Morgan fingerprint density at radius 3 is 2.68 bits per heavy atom. The van der Waals surface area contributed by atoms with Gasteiger partial charge in [0.2, 0.25) is 0 Å². The first-order valence-electron chi connectivity index (χ1n) is 6.27. The molecule has 1 aromatic heterocycles. The minimum Gasteiger partial charge on any atom is -0.444 e. The second kappa shape index (κ2) is 6.06. The second-order valence-electron chi connectivity index (χ2n) is 4.45. The van der Waals surface area contributed by atoms with Gasteiger partial charge in [0.1, 0.15) is 0 Å². The molecule has 100 valence electrons. The highest BCUT2D eigenvalue weighted by Gasteiger charge is 2.14. The average Bonchev–Trinajstić information content (AvgIpc) is 2.85. The Kier molecular flexibility index (Phi) is 4.43. The number of amides is 1. The molecule has 0 fully saturated rings. The molecule has 0 bridgehead atoms. The van der Waals surface area contributed by atoms with E-state index in [2.05, 4.69) is 35.1 Å². The number of rotatable bonds is 4. The monoisotopic (exact) mass is 321 g/mol. The van der Waals surface area contributed by atoms with Gasteiger partial charge in [0.15, 0.2) is 10.4 Å². The number of hydrogen-bond donors (Lipinski definition) is 1. The molecule has 1 atom stereocenters. The summed E-state index contributed by atoms with van der Waals surface area (Å²) in [5.41, 5.74) is 1.98. The molecule has 1 amide bonds. The van der Waals surface area contributed by atoms with Crippen LogP contribution in [0.15, 0.2) is 45.5 Å². The van der Waals surface area contributed by atoms with Crippen LogP contribution in [0.1, 0.15) is 42.3 Å². The molecule has 0 saturated heterocycles. The van der Waals surface area contributed by atoms with Crippen LogP contribution in [-0.2, 0) is 0 Å². The third-order valence-electron chi connectivity index (χ3n) is 3.15. The van der Waals surface area contributed by atoms with Crippen LogP contribution in [0, 0.1) is 0 Å². The van der Waals surface area contributed by atoms with Crippen molar-refractivity contribution >= 4 is 27.5 Å². The van der Waals surface area contributed by atoms with Crippen molar-refractivity contribution in [2.75, 3.05) is 5.32 Å². The zero-order valence-electron chi connectivity index (χ0n) is 10.9. The topological polar surface area (TPSA) is 42.2 Å². The maximum absolute atomic E-state index is 12.1. The lowest BCUT2D eigenvalue weighted by Crippen LogP contribution is -2.13. The molecular weight excluding hydrogens is 306 g/mol. The van der Waals surface area contributed by atoms with Crippen LogP contribution in [0.5, 0.6) is 0 Å². The SMILES string of the molecule is CC[C@H](C)c1ccccc1NC(=O)c1ccc(Br)o1. The van der Waals surface area contributed by atoms with Gasteiger partial charge in [-0.05, 0) is 52.0 Å². The lowest BCUT2D eigenvalue weighted by Gasteiger charge is -2.15. The molecule has 0 unspecified atom stereocenters. The summed E-state index contributed by atoms with van der Waals surface area (Å²) in [4.78, 5) is 12.1. The van der Waals surface area contributed by atoms with Crippen LogP contribution in [-0.4, -0.2) is 5.91 Å². The van der Waals surface area contributed by atoms with Crippen molar-refractivity contribution in [1.29, 1.82) is 0 Å². The van der Waals surface area contributed by atoms with Gasteiger partial charge in [0.05, 0.1) is 0 Å². The summed E-state index contributed by atoms with van der Waals surface area (Å²) in [6.07, 6.45) is 1.03. The summed E-state index contributed by atoms with van der Waals surface area (Å²) in [6.45, 7) is 4.28. The Morgan fingerprint density at radius 1 is 1.32 bits per heavy atom. The van der Waals surface area contributed by atoms with E-state index in [-0.39, 0.29) is 5.91 Å². The van der Waals surface area contributed by atoms with Crippen LogP contribution in [0.4, 0.5) is 5.69 Å². The van der Waals surface area contributed by atoms with E-state index in [1.165, 1.54) is 0 Å². The van der Waals surface area contributed by atoms with Gasteiger partial charge in [0.25, 0.3) is 5.91 Å². The molecule has 1 N–H and O–H groups in total. The van der Waals surface area contributed by atoms with E-state index in [9.17, 15) is 4.79 Å². The second-order valence-corrected chi connectivity index (χ2v) is 5.24. The predicted octanol–water partition coefficient (Wildman–Crippen LogP) is 4.81. The standard InChI is InChI=1S/C15H16BrNO2/c1-3-10(2)11-6-4-5-7-12(11)17-15(18)13-8-9-14(16)19-13/h4-10H,3H2,1-2H3,(H,17,18)/t10-/m0/s1. The van der Waals surface area contributed by atoms with Crippen molar-refractivity contribution in [3.8, 4) is 0 Å². The molecule has 19 heavy (non-hydrogen) atoms. The minimum absolute atomic E-state index is 0.235. The smallest absolute Gasteiger partial charge is 0.291 e. The van der Waals surface area contributed by atoms with E-state index in [4.69, 9.17) is 4.42 Å². The van der Waals surface area contributed by atoms with Gasteiger partial charge < -0.3 is 9.73 Å². The van der Waals surface area contributed by atoms with E-state index in [1.807, 2.05) is 24.3 Å². The van der Waals surface area contributed by atoms with Gasteiger partial charge in [-0.3, -0.25) is 4.79 Å². The fourth-order valence-electron chi connectivity index (χ4n) is 1.88. The molecule has 0 aliphatic rings. The van der Waals surface area contributed by atoms with Crippen molar-refractivity contribution in [2.45, 2.75) is 26.2 Å². The normalized spacial score (nSPS) is 12.2. The number of anilines is 1. The van der Waals surface area contributed by atoms with Crippen LogP contribution in [0.2, 0.25) is 0 Å². The minimum atomic E-state index is -0.235. The number of carbonyl (C=O) groups excluding carboxylic acids is 1. The van der Waals surface area contributed by atoms with Crippen molar-refractivity contribution < 1.29 is 9.21 Å². The molecule has 0 aliphatic carbocycles. The molecule has 3 nitrogen and oxygen atoms in total. The van der Waals surface area contributed by atoms with Crippen molar-refractivity contribution in [2.24, 2.45) is 0 Å². The maximum atomic E-state index is 12.1. The number of benzene rings is 1. The number of hydrogen-bond acceptors (Lipinski definition) is 2. The van der Waals surface area contributed by atoms with Crippen molar-refractivity contribution in [1.82, 2.24) is 0 Å². The Bertz CT molecular complexity index is 577. The molecule has 0 aliphatic heterocycles. The lowest BCUT2D eigenvalue weighted by molar-refractivity contribution is 0.0995. The molecule has 1 aromatic carbocycles. The summed E-state index contributed by atoms with van der Waals surface area (Å²) in [5.74, 6) is 0.465.